The van der Waals surface area contributed by atoms with Crippen molar-refractivity contribution in [3.63, 3.8) is 0 Å². The first kappa shape index (κ1) is 17.0. The summed E-state index contributed by atoms with van der Waals surface area (Å²) < 4.78 is 15.7. The molecule has 0 radical (unpaired) electrons. The van der Waals surface area contributed by atoms with Crippen molar-refractivity contribution in [2.24, 2.45) is 0 Å². The molecule has 0 aliphatic heterocycles. The smallest absolute Gasteiger partial charge is 0.317 e. The van der Waals surface area contributed by atoms with Crippen LogP contribution in [-0.2, 0) is 14.9 Å². The standard InChI is InChI=1S/C20H20O5/c1-23-15-8-9-16(18(12-15)24-2)17(21)13-25-19(22)20(10-11-20)14-6-4-3-5-7-14/h3-9,12H,10-11,13H2,1-2H3. The van der Waals surface area contributed by atoms with Crippen molar-refractivity contribution >= 4 is 11.8 Å². The summed E-state index contributed by atoms with van der Waals surface area (Å²) in [5.41, 5.74) is 0.709. The Bertz CT molecular complexity index is 778. The summed E-state index contributed by atoms with van der Waals surface area (Å²) in [7, 11) is 3.02. The molecular formula is C20H20O5. The Morgan fingerprint density at radius 2 is 1.72 bits per heavy atom. The Morgan fingerprint density at radius 1 is 1.00 bits per heavy atom. The minimum Gasteiger partial charge on any atom is -0.497 e. The molecule has 5 nitrogen and oxygen atoms in total. The van der Waals surface area contributed by atoms with Gasteiger partial charge in [0, 0.05) is 6.07 Å². The van der Waals surface area contributed by atoms with Crippen molar-refractivity contribution in [1.82, 2.24) is 0 Å². The van der Waals surface area contributed by atoms with E-state index in [9.17, 15) is 9.59 Å². The molecule has 2 aromatic rings. The lowest BCUT2D eigenvalue weighted by atomic mass is 9.96. The van der Waals surface area contributed by atoms with Crippen LogP contribution in [0.3, 0.4) is 0 Å². The van der Waals surface area contributed by atoms with Crippen LogP contribution in [0.25, 0.3) is 0 Å². The number of carbonyl (C=O) groups is 2. The van der Waals surface area contributed by atoms with Crippen molar-refractivity contribution in [1.29, 1.82) is 0 Å². The van der Waals surface area contributed by atoms with Crippen LogP contribution in [0.15, 0.2) is 48.5 Å². The van der Waals surface area contributed by atoms with E-state index < -0.39 is 5.41 Å². The van der Waals surface area contributed by atoms with E-state index in [1.807, 2.05) is 30.3 Å². The Labute approximate surface area is 146 Å². The van der Waals surface area contributed by atoms with E-state index in [-0.39, 0.29) is 18.4 Å². The Hall–Kier alpha value is -2.82. The Kier molecular flexibility index (Phi) is 4.74. The molecule has 0 N–H and O–H groups in total. The second kappa shape index (κ2) is 6.97. The molecule has 0 aromatic heterocycles. The van der Waals surface area contributed by atoms with Gasteiger partial charge in [0.15, 0.2) is 6.61 Å². The molecule has 25 heavy (non-hydrogen) atoms. The average Bonchev–Trinajstić information content (AvgIpc) is 3.48. The molecule has 3 rings (SSSR count). The lowest BCUT2D eigenvalue weighted by Crippen LogP contribution is -2.26. The second-order valence-corrected chi connectivity index (χ2v) is 6.01. The molecule has 0 spiro atoms. The Balaban J connectivity index is 1.68. The van der Waals surface area contributed by atoms with E-state index in [0.29, 0.717) is 17.1 Å². The third-order valence-electron chi connectivity index (χ3n) is 4.51. The van der Waals surface area contributed by atoms with Gasteiger partial charge in [0.05, 0.1) is 25.2 Å². The highest BCUT2D eigenvalue weighted by Gasteiger charge is 2.52. The molecule has 0 heterocycles. The van der Waals surface area contributed by atoms with E-state index >= 15 is 0 Å². The van der Waals surface area contributed by atoms with Gasteiger partial charge in [-0.2, -0.15) is 0 Å². The van der Waals surface area contributed by atoms with Gasteiger partial charge in [0.2, 0.25) is 5.78 Å². The van der Waals surface area contributed by atoms with Crippen LogP contribution in [0.1, 0.15) is 28.8 Å². The van der Waals surface area contributed by atoms with E-state index in [1.54, 1.807) is 18.2 Å². The molecule has 130 valence electrons. The number of benzene rings is 2. The molecule has 0 amide bonds. The number of hydrogen-bond acceptors (Lipinski definition) is 5. The number of hydrogen-bond donors (Lipinski definition) is 0. The fourth-order valence-corrected chi connectivity index (χ4v) is 2.87. The highest BCUT2D eigenvalue weighted by atomic mass is 16.5. The first-order valence-electron chi connectivity index (χ1n) is 8.09. The van der Waals surface area contributed by atoms with Crippen LogP contribution in [0.5, 0.6) is 11.5 Å². The number of ketones is 1. The van der Waals surface area contributed by atoms with Gasteiger partial charge >= 0.3 is 5.97 Å². The summed E-state index contributed by atoms with van der Waals surface area (Å²) >= 11 is 0. The van der Waals surface area contributed by atoms with Gasteiger partial charge in [-0.15, -0.1) is 0 Å². The van der Waals surface area contributed by atoms with Gasteiger partial charge in [-0.05, 0) is 30.5 Å². The number of Topliss-reactive ketones (excluding diaryl/α,β-unsaturated/α-hetero) is 1. The summed E-state index contributed by atoms with van der Waals surface area (Å²) in [6, 6.07) is 14.4. The monoisotopic (exact) mass is 340 g/mol. The number of rotatable bonds is 7. The van der Waals surface area contributed by atoms with Gasteiger partial charge in [0.25, 0.3) is 0 Å². The van der Waals surface area contributed by atoms with Crippen LogP contribution < -0.4 is 9.47 Å². The topological polar surface area (TPSA) is 61.8 Å². The van der Waals surface area contributed by atoms with Crippen molar-refractivity contribution in [2.45, 2.75) is 18.3 Å². The van der Waals surface area contributed by atoms with Crippen molar-refractivity contribution in [3.8, 4) is 11.5 Å². The zero-order valence-electron chi connectivity index (χ0n) is 14.3. The number of carbonyl (C=O) groups excluding carboxylic acids is 2. The predicted octanol–water partition coefficient (Wildman–Crippen LogP) is 3.16. The quantitative estimate of drug-likeness (QED) is 0.572. The van der Waals surface area contributed by atoms with Gasteiger partial charge in [-0.1, -0.05) is 30.3 Å². The highest BCUT2D eigenvalue weighted by Crippen LogP contribution is 2.49. The average molecular weight is 340 g/mol. The minimum atomic E-state index is -0.592. The molecular weight excluding hydrogens is 320 g/mol. The van der Waals surface area contributed by atoms with Crippen molar-refractivity contribution < 1.29 is 23.8 Å². The molecule has 0 atom stereocenters. The summed E-state index contributed by atoms with van der Waals surface area (Å²) in [5, 5.41) is 0. The molecule has 5 heteroatoms. The maximum Gasteiger partial charge on any atom is 0.317 e. The van der Waals surface area contributed by atoms with Crippen molar-refractivity contribution in [2.75, 3.05) is 20.8 Å². The minimum absolute atomic E-state index is 0.309. The lowest BCUT2D eigenvalue weighted by molar-refractivity contribution is -0.145. The maximum absolute atomic E-state index is 12.5. The fraction of sp³-hybridized carbons (Fsp3) is 0.300. The van der Waals surface area contributed by atoms with Crippen LogP contribution in [0, 0.1) is 0 Å². The molecule has 1 aliphatic rings. The number of methoxy groups -OCH3 is 2. The third-order valence-corrected chi connectivity index (χ3v) is 4.51. The van der Waals surface area contributed by atoms with E-state index in [4.69, 9.17) is 14.2 Å². The third kappa shape index (κ3) is 3.36. The van der Waals surface area contributed by atoms with Gasteiger partial charge < -0.3 is 14.2 Å². The first-order chi connectivity index (χ1) is 12.1. The lowest BCUT2D eigenvalue weighted by Gasteiger charge is -2.15. The van der Waals surface area contributed by atoms with Crippen molar-refractivity contribution in [3.05, 3.63) is 59.7 Å². The second-order valence-electron chi connectivity index (χ2n) is 6.01. The van der Waals surface area contributed by atoms with Gasteiger partial charge in [0.1, 0.15) is 11.5 Å². The summed E-state index contributed by atoms with van der Waals surface area (Å²) in [4.78, 5) is 24.9. The largest absolute Gasteiger partial charge is 0.497 e. The zero-order chi connectivity index (χ0) is 17.9. The zero-order valence-corrected chi connectivity index (χ0v) is 14.3. The molecule has 0 bridgehead atoms. The molecule has 1 saturated carbocycles. The highest BCUT2D eigenvalue weighted by molar-refractivity contribution is 6.01. The number of esters is 1. The molecule has 0 unspecified atom stereocenters. The molecule has 0 saturated heterocycles. The SMILES string of the molecule is COc1ccc(C(=O)COC(=O)C2(c3ccccc3)CC2)c(OC)c1. The van der Waals surface area contributed by atoms with Crippen LogP contribution in [0.2, 0.25) is 0 Å². The molecule has 2 aromatic carbocycles. The van der Waals surface area contributed by atoms with E-state index in [2.05, 4.69) is 0 Å². The maximum atomic E-state index is 12.5. The predicted molar refractivity (Wildman–Crippen MR) is 92.2 cm³/mol. The van der Waals surface area contributed by atoms with Gasteiger partial charge in [-0.3, -0.25) is 9.59 Å². The first-order valence-corrected chi connectivity index (χ1v) is 8.09. The summed E-state index contributed by atoms with van der Waals surface area (Å²) in [5.74, 6) is 0.326. The van der Waals surface area contributed by atoms with E-state index in [0.717, 1.165) is 18.4 Å². The summed E-state index contributed by atoms with van der Waals surface area (Å²) in [6.45, 7) is -0.309. The normalized spacial score (nSPS) is 14.5. The molecule has 1 fully saturated rings. The summed E-state index contributed by atoms with van der Waals surface area (Å²) in [6.07, 6.45) is 1.49. The van der Waals surface area contributed by atoms with E-state index in [1.165, 1.54) is 14.2 Å². The fourth-order valence-electron chi connectivity index (χ4n) is 2.87. The van der Waals surface area contributed by atoms with Crippen LogP contribution in [-0.4, -0.2) is 32.6 Å². The Morgan fingerprint density at radius 3 is 2.32 bits per heavy atom. The molecule has 1 aliphatic carbocycles. The van der Waals surface area contributed by atoms with Crippen LogP contribution >= 0.6 is 0 Å². The van der Waals surface area contributed by atoms with Crippen LogP contribution in [0.4, 0.5) is 0 Å². The number of ether oxygens (including phenoxy) is 3. The van der Waals surface area contributed by atoms with Gasteiger partial charge in [-0.25, -0.2) is 0 Å².